The highest BCUT2D eigenvalue weighted by atomic mass is 35.5. The standard InChI is InChI=1S/C18H19ClN2O2/c19-15-9-5-4-8-14(15)16-12-21(10-11-23-16)18(22)17(20)13-6-2-1-3-7-13/h1-9,16-17H,10-12,20H2. The predicted octanol–water partition coefficient (Wildman–Crippen LogP) is 2.94. The van der Waals surface area contributed by atoms with Gasteiger partial charge >= 0.3 is 0 Å². The molecule has 2 aromatic rings. The highest BCUT2D eigenvalue weighted by Crippen LogP contribution is 2.29. The summed E-state index contributed by atoms with van der Waals surface area (Å²) in [4.78, 5) is 14.4. The van der Waals surface area contributed by atoms with E-state index in [0.29, 0.717) is 24.7 Å². The summed E-state index contributed by atoms with van der Waals surface area (Å²) in [6, 6.07) is 16.3. The molecule has 2 aromatic carbocycles. The molecule has 3 rings (SSSR count). The second kappa shape index (κ2) is 7.13. The zero-order chi connectivity index (χ0) is 16.2. The second-order valence-corrected chi connectivity index (χ2v) is 5.96. The van der Waals surface area contributed by atoms with Crippen LogP contribution in [0.4, 0.5) is 0 Å². The van der Waals surface area contributed by atoms with Crippen molar-refractivity contribution in [1.29, 1.82) is 0 Å². The quantitative estimate of drug-likeness (QED) is 0.941. The summed E-state index contributed by atoms with van der Waals surface area (Å²) in [5, 5.41) is 0.652. The smallest absolute Gasteiger partial charge is 0.244 e. The predicted molar refractivity (Wildman–Crippen MR) is 90.1 cm³/mol. The molecule has 120 valence electrons. The molecule has 1 aliphatic heterocycles. The normalized spacial score (nSPS) is 19.4. The van der Waals surface area contributed by atoms with E-state index < -0.39 is 6.04 Å². The van der Waals surface area contributed by atoms with Crippen LogP contribution in [0.5, 0.6) is 0 Å². The lowest BCUT2D eigenvalue weighted by molar-refractivity contribution is -0.140. The Morgan fingerprint density at radius 1 is 1.17 bits per heavy atom. The third-order valence-electron chi connectivity index (χ3n) is 4.05. The van der Waals surface area contributed by atoms with Crippen LogP contribution in [0.3, 0.4) is 0 Å². The number of hydrogen-bond donors (Lipinski definition) is 1. The van der Waals surface area contributed by atoms with E-state index in [0.717, 1.165) is 11.1 Å². The van der Waals surface area contributed by atoms with Gasteiger partial charge in [0.2, 0.25) is 5.91 Å². The van der Waals surface area contributed by atoms with E-state index in [4.69, 9.17) is 22.1 Å². The second-order valence-electron chi connectivity index (χ2n) is 5.55. The van der Waals surface area contributed by atoms with Gasteiger partial charge < -0.3 is 15.4 Å². The lowest BCUT2D eigenvalue weighted by Gasteiger charge is -2.35. The number of halogens is 1. The van der Waals surface area contributed by atoms with Gasteiger partial charge in [-0.25, -0.2) is 0 Å². The van der Waals surface area contributed by atoms with Crippen molar-refractivity contribution < 1.29 is 9.53 Å². The number of rotatable bonds is 3. The SMILES string of the molecule is NC(C(=O)N1CCOC(c2ccccc2Cl)C1)c1ccccc1. The van der Waals surface area contributed by atoms with Crippen molar-refractivity contribution in [3.05, 3.63) is 70.7 Å². The molecule has 0 bridgehead atoms. The van der Waals surface area contributed by atoms with Gasteiger partial charge in [0.15, 0.2) is 0 Å². The summed E-state index contributed by atoms with van der Waals surface area (Å²) < 4.78 is 5.79. The van der Waals surface area contributed by atoms with Crippen LogP contribution >= 0.6 is 11.6 Å². The summed E-state index contributed by atoms with van der Waals surface area (Å²) in [5.74, 6) is -0.0865. The average molecular weight is 331 g/mol. The van der Waals surface area contributed by atoms with Gasteiger partial charge in [-0.3, -0.25) is 4.79 Å². The third kappa shape index (κ3) is 3.55. The van der Waals surface area contributed by atoms with Crippen molar-refractivity contribution in [2.45, 2.75) is 12.1 Å². The fraction of sp³-hybridized carbons (Fsp3) is 0.278. The molecule has 2 atom stereocenters. The number of benzene rings is 2. The largest absolute Gasteiger partial charge is 0.370 e. The molecule has 4 nitrogen and oxygen atoms in total. The Labute approximate surface area is 140 Å². The zero-order valence-corrected chi connectivity index (χ0v) is 13.4. The van der Waals surface area contributed by atoms with E-state index in [1.165, 1.54) is 0 Å². The maximum atomic E-state index is 12.7. The summed E-state index contributed by atoms with van der Waals surface area (Å²) in [5.41, 5.74) is 7.85. The topological polar surface area (TPSA) is 55.6 Å². The fourth-order valence-electron chi connectivity index (χ4n) is 2.77. The number of carbonyl (C=O) groups is 1. The average Bonchev–Trinajstić information content (AvgIpc) is 2.62. The molecule has 1 amide bonds. The molecule has 1 aliphatic rings. The molecule has 0 aromatic heterocycles. The molecular weight excluding hydrogens is 312 g/mol. The van der Waals surface area contributed by atoms with Gasteiger partial charge in [-0.15, -0.1) is 0 Å². The van der Waals surface area contributed by atoms with E-state index in [-0.39, 0.29) is 12.0 Å². The number of ether oxygens (including phenoxy) is 1. The first-order chi connectivity index (χ1) is 11.2. The maximum Gasteiger partial charge on any atom is 0.244 e. The van der Waals surface area contributed by atoms with E-state index in [1.54, 1.807) is 4.90 Å². The van der Waals surface area contributed by atoms with Gasteiger partial charge in [0.25, 0.3) is 0 Å². The number of amides is 1. The van der Waals surface area contributed by atoms with Crippen molar-refractivity contribution in [3.8, 4) is 0 Å². The Balaban J connectivity index is 1.73. The molecular formula is C18H19ClN2O2. The third-order valence-corrected chi connectivity index (χ3v) is 4.40. The van der Waals surface area contributed by atoms with Crippen molar-refractivity contribution >= 4 is 17.5 Å². The van der Waals surface area contributed by atoms with Gasteiger partial charge in [0, 0.05) is 17.1 Å². The highest BCUT2D eigenvalue weighted by molar-refractivity contribution is 6.31. The molecule has 2 N–H and O–H groups in total. The van der Waals surface area contributed by atoms with Gasteiger partial charge in [-0.1, -0.05) is 60.1 Å². The summed E-state index contributed by atoms with van der Waals surface area (Å²) in [6.07, 6.45) is -0.218. The lowest BCUT2D eigenvalue weighted by Crippen LogP contribution is -2.46. The van der Waals surface area contributed by atoms with E-state index in [9.17, 15) is 4.79 Å². The van der Waals surface area contributed by atoms with E-state index in [1.807, 2.05) is 54.6 Å². The number of hydrogen-bond acceptors (Lipinski definition) is 3. The van der Waals surface area contributed by atoms with Crippen LogP contribution in [-0.4, -0.2) is 30.5 Å². The first kappa shape index (κ1) is 16.0. The first-order valence-corrected chi connectivity index (χ1v) is 8.00. The molecule has 0 radical (unpaired) electrons. The maximum absolute atomic E-state index is 12.7. The monoisotopic (exact) mass is 330 g/mol. The Kier molecular flexibility index (Phi) is 4.96. The zero-order valence-electron chi connectivity index (χ0n) is 12.7. The van der Waals surface area contributed by atoms with Crippen LogP contribution in [0.2, 0.25) is 5.02 Å². The molecule has 5 heteroatoms. The van der Waals surface area contributed by atoms with Crippen molar-refractivity contribution in [3.63, 3.8) is 0 Å². The Bertz CT molecular complexity index is 678. The Morgan fingerprint density at radius 3 is 2.61 bits per heavy atom. The summed E-state index contributed by atoms with van der Waals surface area (Å²) in [6.45, 7) is 1.48. The molecule has 1 saturated heterocycles. The number of nitrogens with two attached hydrogens (primary N) is 1. The van der Waals surface area contributed by atoms with Gasteiger partial charge in [-0.2, -0.15) is 0 Å². The molecule has 0 spiro atoms. The van der Waals surface area contributed by atoms with Gasteiger partial charge in [0.05, 0.1) is 13.2 Å². The molecule has 1 heterocycles. The van der Waals surface area contributed by atoms with E-state index >= 15 is 0 Å². The first-order valence-electron chi connectivity index (χ1n) is 7.62. The highest BCUT2D eigenvalue weighted by Gasteiger charge is 2.29. The van der Waals surface area contributed by atoms with Crippen molar-refractivity contribution in [2.24, 2.45) is 5.73 Å². The lowest BCUT2D eigenvalue weighted by atomic mass is 10.0. The van der Waals surface area contributed by atoms with Crippen LogP contribution in [0, 0.1) is 0 Å². The Hall–Kier alpha value is -1.88. The van der Waals surface area contributed by atoms with Gasteiger partial charge in [-0.05, 0) is 11.6 Å². The minimum Gasteiger partial charge on any atom is -0.370 e. The number of morpholine rings is 1. The summed E-state index contributed by atoms with van der Waals surface area (Å²) in [7, 11) is 0. The molecule has 0 saturated carbocycles. The van der Waals surface area contributed by atoms with Crippen LogP contribution in [0.15, 0.2) is 54.6 Å². The minimum absolute atomic E-state index is 0.0865. The Morgan fingerprint density at radius 2 is 1.87 bits per heavy atom. The molecule has 2 unspecified atom stereocenters. The van der Waals surface area contributed by atoms with Crippen LogP contribution < -0.4 is 5.73 Å². The van der Waals surface area contributed by atoms with Crippen LogP contribution in [0.1, 0.15) is 23.3 Å². The van der Waals surface area contributed by atoms with Crippen molar-refractivity contribution in [2.75, 3.05) is 19.7 Å². The fourth-order valence-corrected chi connectivity index (χ4v) is 3.03. The van der Waals surface area contributed by atoms with Crippen LogP contribution in [-0.2, 0) is 9.53 Å². The van der Waals surface area contributed by atoms with E-state index in [2.05, 4.69) is 0 Å². The number of carbonyl (C=O) groups excluding carboxylic acids is 1. The molecule has 0 aliphatic carbocycles. The van der Waals surface area contributed by atoms with Crippen molar-refractivity contribution in [1.82, 2.24) is 4.90 Å². The minimum atomic E-state index is -0.652. The van der Waals surface area contributed by atoms with Crippen LogP contribution in [0.25, 0.3) is 0 Å². The summed E-state index contributed by atoms with van der Waals surface area (Å²) >= 11 is 6.24. The van der Waals surface area contributed by atoms with Gasteiger partial charge in [0.1, 0.15) is 12.1 Å². The molecule has 1 fully saturated rings. The number of nitrogens with zero attached hydrogens (tertiary/aromatic N) is 1. The molecule has 23 heavy (non-hydrogen) atoms.